The molecule has 0 amide bonds. The second kappa shape index (κ2) is 16.3. The summed E-state index contributed by atoms with van der Waals surface area (Å²) in [6.45, 7) is 0.215. The van der Waals surface area contributed by atoms with Crippen LogP contribution in [0.25, 0.3) is 0 Å². The fraction of sp³-hybridized carbons (Fsp3) is 0.600. The molecule has 262 valence electrons. The zero-order valence-corrected chi connectivity index (χ0v) is 25.2. The van der Waals surface area contributed by atoms with Gasteiger partial charge >= 0.3 is 11.9 Å². The number of aliphatic hydroxyl groups excluding tert-OH is 7. The van der Waals surface area contributed by atoms with Gasteiger partial charge in [0.05, 0.1) is 38.1 Å². The van der Waals surface area contributed by atoms with E-state index in [2.05, 4.69) is 0 Å². The summed E-state index contributed by atoms with van der Waals surface area (Å²) in [5, 5.41) is 90.4. The molecule has 17 nitrogen and oxygen atoms in total. The molecule has 4 rings (SSSR count). The minimum Gasteiger partial charge on any atom is -0.508 e. The molecule has 0 aliphatic carbocycles. The number of carboxylic acid groups (broad SMARTS) is 1. The van der Waals surface area contributed by atoms with Gasteiger partial charge in [0, 0.05) is 17.9 Å². The lowest BCUT2D eigenvalue weighted by molar-refractivity contribution is -0.344. The molecular formula is C30H40O17. The summed E-state index contributed by atoms with van der Waals surface area (Å²) in [6.07, 6.45) is -15.7. The summed E-state index contributed by atoms with van der Waals surface area (Å²) in [7, 11) is 0. The smallest absolute Gasteiger partial charge is 0.335 e. The number of aromatic hydroxyl groups is 1. The standard InChI is InChI=1S/C30H40O17/c1-2-15-16(9-20(33)42-8-7-13-3-5-14(32)6-4-13)17(27(40)41)11-43-28(15)47-30-26(39)24(37)22(35)19(46-30)12-44-29-25(38)23(36)21(34)18(10-31)45-29/h2-6,11,16,18-19,21-26,28-32,34-39H,7-10,12H2,1H3,(H,40,41)/b15-2+/t16-,18+,19+,21+,22+,23-,24-,25+,26+,28?,29+,30-/m0/s1. The first-order valence-corrected chi connectivity index (χ1v) is 14.8. The minimum absolute atomic E-state index is 0.0149. The molecule has 9 N–H and O–H groups in total. The largest absolute Gasteiger partial charge is 0.508 e. The molecular weight excluding hydrogens is 632 g/mol. The lowest BCUT2D eigenvalue weighted by atomic mass is 9.86. The van der Waals surface area contributed by atoms with Crippen molar-refractivity contribution in [1.82, 2.24) is 0 Å². The van der Waals surface area contributed by atoms with E-state index in [0.29, 0.717) is 6.42 Å². The van der Waals surface area contributed by atoms with Crippen LogP contribution in [0.3, 0.4) is 0 Å². The Labute approximate surface area is 268 Å². The predicted octanol–water partition coefficient (Wildman–Crippen LogP) is -2.60. The topological polar surface area (TPSA) is 272 Å². The van der Waals surface area contributed by atoms with E-state index in [-0.39, 0.29) is 23.5 Å². The third kappa shape index (κ3) is 8.64. The lowest BCUT2D eigenvalue weighted by Gasteiger charge is -2.43. The van der Waals surface area contributed by atoms with Crippen molar-refractivity contribution in [2.75, 3.05) is 19.8 Å². The van der Waals surface area contributed by atoms with E-state index < -0.39 is 105 Å². The van der Waals surface area contributed by atoms with E-state index in [1.165, 1.54) is 25.1 Å². The highest BCUT2D eigenvalue weighted by Crippen LogP contribution is 2.36. The molecule has 2 saturated heterocycles. The number of carbonyl (C=O) groups is 2. The number of esters is 1. The minimum atomic E-state index is -1.85. The van der Waals surface area contributed by atoms with Crippen LogP contribution < -0.4 is 0 Å². The Kier molecular flexibility index (Phi) is 12.7. The number of hydrogen-bond donors (Lipinski definition) is 9. The summed E-state index contributed by atoms with van der Waals surface area (Å²) in [5.74, 6) is -3.09. The van der Waals surface area contributed by atoms with Crippen molar-refractivity contribution in [3.05, 3.63) is 53.3 Å². The van der Waals surface area contributed by atoms with Crippen LogP contribution in [-0.4, -0.2) is 145 Å². The molecule has 2 fully saturated rings. The number of aliphatic hydroxyl groups is 7. The van der Waals surface area contributed by atoms with Crippen molar-refractivity contribution < 1.29 is 84.0 Å². The summed E-state index contributed by atoms with van der Waals surface area (Å²) in [6, 6.07) is 6.31. The van der Waals surface area contributed by atoms with Gasteiger partial charge in [-0.2, -0.15) is 0 Å². The molecule has 3 heterocycles. The maximum atomic E-state index is 12.8. The van der Waals surface area contributed by atoms with Gasteiger partial charge in [0.25, 0.3) is 0 Å². The van der Waals surface area contributed by atoms with Gasteiger partial charge < -0.3 is 74.4 Å². The van der Waals surface area contributed by atoms with Gasteiger partial charge in [-0.25, -0.2) is 4.79 Å². The van der Waals surface area contributed by atoms with Crippen molar-refractivity contribution in [2.24, 2.45) is 5.92 Å². The van der Waals surface area contributed by atoms with Gasteiger partial charge in [0.2, 0.25) is 6.29 Å². The van der Waals surface area contributed by atoms with Gasteiger partial charge in [-0.1, -0.05) is 18.2 Å². The van der Waals surface area contributed by atoms with Crippen LogP contribution in [0.2, 0.25) is 0 Å². The Bertz CT molecular complexity index is 1270. The number of ether oxygens (including phenoxy) is 6. The quantitative estimate of drug-likeness (QED) is 0.0813. The highest BCUT2D eigenvalue weighted by Gasteiger charge is 2.49. The van der Waals surface area contributed by atoms with Crippen molar-refractivity contribution in [3.8, 4) is 5.75 Å². The molecule has 0 aromatic heterocycles. The number of carboxylic acids is 1. The first-order chi connectivity index (χ1) is 22.4. The van der Waals surface area contributed by atoms with E-state index in [1.807, 2.05) is 0 Å². The van der Waals surface area contributed by atoms with Gasteiger partial charge in [-0.05, 0) is 24.6 Å². The number of phenols is 1. The zero-order chi connectivity index (χ0) is 34.4. The second-order valence-corrected chi connectivity index (χ2v) is 11.2. The third-order valence-corrected chi connectivity index (χ3v) is 8.11. The Hall–Kier alpha value is -3.20. The zero-order valence-electron chi connectivity index (χ0n) is 25.2. The number of hydrogen-bond acceptors (Lipinski definition) is 16. The van der Waals surface area contributed by atoms with Gasteiger partial charge in [0.1, 0.15) is 54.6 Å². The van der Waals surface area contributed by atoms with Crippen molar-refractivity contribution in [2.45, 2.75) is 87.5 Å². The third-order valence-electron chi connectivity index (χ3n) is 8.11. The monoisotopic (exact) mass is 672 g/mol. The van der Waals surface area contributed by atoms with E-state index in [1.54, 1.807) is 12.1 Å². The summed E-state index contributed by atoms with van der Waals surface area (Å²) in [4.78, 5) is 24.8. The van der Waals surface area contributed by atoms with E-state index >= 15 is 0 Å². The van der Waals surface area contributed by atoms with E-state index in [0.717, 1.165) is 11.8 Å². The average molecular weight is 673 g/mol. The Balaban J connectivity index is 1.41. The molecule has 1 aromatic rings. The molecule has 12 atom stereocenters. The van der Waals surface area contributed by atoms with Crippen molar-refractivity contribution >= 4 is 11.9 Å². The average Bonchev–Trinajstić information content (AvgIpc) is 3.05. The van der Waals surface area contributed by atoms with Crippen LogP contribution >= 0.6 is 0 Å². The summed E-state index contributed by atoms with van der Waals surface area (Å²) < 4.78 is 32.9. The van der Waals surface area contributed by atoms with Crippen LogP contribution in [0.1, 0.15) is 18.9 Å². The van der Waals surface area contributed by atoms with Gasteiger partial charge in [-0.3, -0.25) is 4.79 Å². The molecule has 0 radical (unpaired) electrons. The molecule has 3 aliphatic rings. The van der Waals surface area contributed by atoms with E-state index in [9.17, 15) is 55.5 Å². The first kappa shape index (κ1) is 36.6. The number of allylic oxidation sites excluding steroid dienone is 1. The molecule has 1 aromatic carbocycles. The van der Waals surface area contributed by atoms with Crippen LogP contribution in [0.4, 0.5) is 0 Å². The molecule has 17 heteroatoms. The second-order valence-electron chi connectivity index (χ2n) is 11.2. The lowest BCUT2D eigenvalue weighted by Crippen LogP contribution is -2.62. The summed E-state index contributed by atoms with van der Waals surface area (Å²) in [5.41, 5.74) is 0.677. The first-order valence-electron chi connectivity index (χ1n) is 14.8. The molecule has 0 bridgehead atoms. The fourth-order valence-electron chi connectivity index (χ4n) is 5.37. The Morgan fingerprint density at radius 1 is 0.872 bits per heavy atom. The van der Waals surface area contributed by atoms with Crippen LogP contribution in [0.5, 0.6) is 5.75 Å². The van der Waals surface area contributed by atoms with Crippen LogP contribution in [0, 0.1) is 5.92 Å². The molecule has 3 aliphatic heterocycles. The molecule has 1 unspecified atom stereocenters. The number of rotatable bonds is 12. The maximum Gasteiger partial charge on any atom is 0.335 e. The number of phenolic OH excluding ortho intramolecular Hbond substituents is 1. The number of aliphatic carboxylic acids is 1. The Morgan fingerprint density at radius 2 is 1.49 bits per heavy atom. The molecule has 0 saturated carbocycles. The predicted molar refractivity (Wildman–Crippen MR) is 153 cm³/mol. The number of benzene rings is 1. The normalized spacial score (nSPS) is 36.8. The number of carbonyl (C=O) groups excluding carboxylic acids is 1. The summed E-state index contributed by atoms with van der Waals surface area (Å²) >= 11 is 0. The SMILES string of the molecule is C/C=C1/C(O[C@@H]2O[C@H](CO[C@@H]3O[C@H](CO)[C@@H](O)[C@H](O)[C@H]3O)[C@@H](O)[C@H](O)[C@H]2O)OC=C(C(=O)O)[C@H]1CC(=O)OCCc1ccc(O)cc1. The highest BCUT2D eigenvalue weighted by atomic mass is 16.8. The van der Waals surface area contributed by atoms with Gasteiger partial charge in [-0.15, -0.1) is 0 Å². The van der Waals surface area contributed by atoms with E-state index in [4.69, 9.17) is 28.4 Å². The fourth-order valence-corrected chi connectivity index (χ4v) is 5.37. The van der Waals surface area contributed by atoms with Crippen LogP contribution in [0.15, 0.2) is 47.7 Å². The molecule has 47 heavy (non-hydrogen) atoms. The highest BCUT2D eigenvalue weighted by molar-refractivity contribution is 5.89. The van der Waals surface area contributed by atoms with Crippen LogP contribution in [-0.2, 0) is 44.4 Å². The van der Waals surface area contributed by atoms with Crippen molar-refractivity contribution in [3.63, 3.8) is 0 Å². The van der Waals surface area contributed by atoms with Gasteiger partial charge in [0.15, 0.2) is 12.6 Å². The molecule has 0 spiro atoms. The maximum absolute atomic E-state index is 12.8. The van der Waals surface area contributed by atoms with Crippen molar-refractivity contribution in [1.29, 1.82) is 0 Å². The Morgan fingerprint density at radius 3 is 2.11 bits per heavy atom.